The first-order chi connectivity index (χ1) is 7.17. The van der Waals surface area contributed by atoms with E-state index in [9.17, 15) is 0 Å². The van der Waals surface area contributed by atoms with Crippen molar-refractivity contribution >= 4 is 5.95 Å². The molecule has 0 aliphatic carbocycles. The summed E-state index contributed by atoms with van der Waals surface area (Å²) in [6, 6.07) is 0.332. The number of hydrogen-bond acceptors (Lipinski definition) is 5. The summed E-state index contributed by atoms with van der Waals surface area (Å²) in [5.41, 5.74) is 7.30. The van der Waals surface area contributed by atoms with Gasteiger partial charge in [0.2, 0.25) is 5.95 Å². The van der Waals surface area contributed by atoms with Crippen LogP contribution in [0.25, 0.3) is 0 Å². The minimum atomic E-state index is 0.332. The first-order valence-electron chi connectivity index (χ1n) is 5.31. The van der Waals surface area contributed by atoms with Gasteiger partial charge in [0, 0.05) is 6.04 Å². The molecule has 0 aliphatic heterocycles. The maximum absolute atomic E-state index is 5.52. The van der Waals surface area contributed by atoms with E-state index in [1.54, 1.807) is 0 Å². The fraction of sp³-hybridized carbons (Fsp3) is 0.700. The fourth-order valence-electron chi connectivity index (χ4n) is 1.28. The van der Waals surface area contributed by atoms with E-state index in [-0.39, 0.29) is 0 Å². The average Bonchev–Trinajstić information content (AvgIpc) is 2.23. The van der Waals surface area contributed by atoms with Crippen LogP contribution in [0.15, 0.2) is 0 Å². The Morgan fingerprint density at radius 1 is 1.27 bits per heavy atom. The molecular weight excluding hydrogens is 190 g/mol. The van der Waals surface area contributed by atoms with Crippen molar-refractivity contribution in [3.8, 4) is 0 Å². The van der Waals surface area contributed by atoms with Crippen molar-refractivity contribution in [3.05, 3.63) is 11.4 Å². The highest BCUT2D eigenvalue weighted by molar-refractivity contribution is 5.26. The number of nitrogens with zero attached hydrogens (tertiary/aromatic N) is 3. The molecule has 1 atom stereocenters. The topological polar surface area (TPSA) is 76.7 Å². The van der Waals surface area contributed by atoms with E-state index < -0.39 is 0 Å². The maximum Gasteiger partial charge on any atom is 0.243 e. The first-order valence-corrected chi connectivity index (χ1v) is 5.31. The molecule has 15 heavy (non-hydrogen) atoms. The number of aryl methyl sites for hydroxylation is 2. The molecule has 0 aliphatic rings. The highest BCUT2D eigenvalue weighted by atomic mass is 15.2. The van der Waals surface area contributed by atoms with Gasteiger partial charge in [-0.2, -0.15) is 5.10 Å². The van der Waals surface area contributed by atoms with Crippen LogP contribution in [0, 0.1) is 13.8 Å². The Bertz CT molecular complexity index is 313. The lowest BCUT2D eigenvalue weighted by Gasteiger charge is -2.15. The van der Waals surface area contributed by atoms with E-state index in [0.29, 0.717) is 18.5 Å². The molecular formula is C10H19N5. The van der Waals surface area contributed by atoms with Crippen molar-refractivity contribution in [2.75, 3.05) is 11.9 Å². The van der Waals surface area contributed by atoms with Gasteiger partial charge in [0.1, 0.15) is 0 Å². The maximum atomic E-state index is 5.52. The predicted molar refractivity (Wildman–Crippen MR) is 60.7 cm³/mol. The van der Waals surface area contributed by atoms with Gasteiger partial charge < -0.3 is 11.1 Å². The summed E-state index contributed by atoms with van der Waals surface area (Å²) in [7, 11) is 0. The van der Waals surface area contributed by atoms with Crippen molar-refractivity contribution in [2.24, 2.45) is 5.73 Å². The van der Waals surface area contributed by atoms with Crippen LogP contribution >= 0.6 is 0 Å². The Kier molecular flexibility index (Phi) is 4.42. The van der Waals surface area contributed by atoms with Gasteiger partial charge in [-0.05, 0) is 33.2 Å². The Labute approximate surface area is 90.5 Å². The number of rotatable bonds is 5. The lowest BCUT2D eigenvalue weighted by atomic mass is 10.1. The molecule has 0 aromatic carbocycles. The van der Waals surface area contributed by atoms with Crippen LogP contribution in [-0.4, -0.2) is 27.8 Å². The SMILES string of the molecule is CCC(CCN)Nc1nnc(C)c(C)n1. The highest BCUT2D eigenvalue weighted by Crippen LogP contribution is 2.07. The van der Waals surface area contributed by atoms with Crippen LogP contribution in [0.1, 0.15) is 31.2 Å². The largest absolute Gasteiger partial charge is 0.350 e. The Hall–Kier alpha value is -1.23. The molecule has 1 aromatic rings. The lowest BCUT2D eigenvalue weighted by molar-refractivity contribution is 0.633. The van der Waals surface area contributed by atoms with Crippen LogP contribution in [-0.2, 0) is 0 Å². The Balaban J connectivity index is 2.66. The molecule has 0 radical (unpaired) electrons. The first kappa shape index (κ1) is 11.8. The standard InChI is InChI=1S/C10H19N5/c1-4-9(5-6-11)13-10-12-7(2)8(3)14-15-10/h9H,4-6,11H2,1-3H3,(H,12,13,15). The molecule has 0 spiro atoms. The zero-order valence-electron chi connectivity index (χ0n) is 9.62. The second kappa shape index (κ2) is 5.60. The Morgan fingerprint density at radius 3 is 2.53 bits per heavy atom. The van der Waals surface area contributed by atoms with Crippen LogP contribution in [0.3, 0.4) is 0 Å². The second-order valence-electron chi connectivity index (χ2n) is 3.63. The number of nitrogens with two attached hydrogens (primary N) is 1. The normalized spacial score (nSPS) is 12.5. The summed E-state index contributed by atoms with van der Waals surface area (Å²) in [6.45, 7) is 6.61. The molecule has 3 N–H and O–H groups in total. The predicted octanol–water partition coefficient (Wildman–Crippen LogP) is 1.03. The Morgan fingerprint density at radius 2 is 2.00 bits per heavy atom. The van der Waals surface area contributed by atoms with E-state index in [1.807, 2.05) is 13.8 Å². The minimum Gasteiger partial charge on any atom is -0.350 e. The van der Waals surface area contributed by atoms with Gasteiger partial charge in [-0.25, -0.2) is 4.98 Å². The van der Waals surface area contributed by atoms with E-state index >= 15 is 0 Å². The van der Waals surface area contributed by atoms with Crippen molar-refractivity contribution in [2.45, 2.75) is 39.7 Å². The lowest BCUT2D eigenvalue weighted by Crippen LogP contribution is -2.24. The highest BCUT2D eigenvalue weighted by Gasteiger charge is 2.07. The number of aromatic nitrogens is 3. The second-order valence-corrected chi connectivity index (χ2v) is 3.63. The van der Waals surface area contributed by atoms with Crippen molar-refractivity contribution in [3.63, 3.8) is 0 Å². The van der Waals surface area contributed by atoms with Gasteiger partial charge in [-0.1, -0.05) is 6.92 Å². The van der Waals surface area contributed by atoms with Gasteiger partial charge in [0.05, 0.1) is 11.4 Å². The van der Waals surface area contributed by atoms with Crippen LogP contribution in [0.4, 0.5) is 5.95 Å². The molecule has 1 unspecified atom stereocenters. The molecule has 0 saturated carbocycles. The van der Waals surface area contributed by atoms with Crippen molar-refractivity contribution < 1.29 is 0 Å². The number of hydrogen-bond donors (Lipinski definition) is 2. The van der Waals surface area contributed by atoms with E-state index in [1.165, 1.54) is 0 Å². The van der Waals surface area contributed by atoms with Crippen LogP contribution in [0.5, 0.6) is 0 Å². The quantitative estimate of drug-likeness (QED) is 0.757. The third-order valence-electron chi connectivity index (χ3n) is 2.43. The van der Waals surface area contributed by atoms with Gasteiger partial charge in [-0.3, -0.25) is 0 Å². The smallest absolute Gasteiger partial charge is 0.243 e. The van der Waals surface area contributed by atoms with Gasteiger partial charge in [-0.15, -0.1) is 5.10 Å². The van der Waals surface area contributed by atoms with Crippen molar-refractivity contribution in [1.29, 1.82) is 0 Å². The molecule has 1 heterocycles. The molecule has 5 nitrogen and oxygen atoms in total. The van der Waals surface area contributed by atoms with Gasteiger partial charge >= 0.3 is 0 Å². The molecule has 84 valence electrons. The summed E-state index contributed by atoms with van der Waals surface area (Å²) in [4.78, 5) is 4.32. The zero-order valence-corrected chi connectivity index (χ0v) is 9.62. The van der Waals surface area contributed by atoms with E-state index in [4.69, 9.17) is 5.73 Å². The molecule has 1 aromatic heterocycles. The molecule has 5 heteroatoms. The third-order valence-corrected chi connectivity index (χ3v) is 2.43. The summed E-state index contributed by atoms with van der Waals surface area (Å²) in [6.07, 6.45) is 1.93. The third kappa shape index (κ3) is 3.43. The summed E-state index contributed by atoms with van der Waals surface area (Å²) in [5.74, 6) is 0.596. The van der Waals surface area contributed by atoms with Crippen LogP contribution in [0.2, 0.25) is 0 Å². The fourth-order valence-corrected chi connectivity index (χ4v) is 1.28. The summed E-state index contributed by atoms with van der Waals surface area (Å²) >= 11 is 0. The molecule has 0 fully saturated rings. The molecule has 1 rings (SSSR count). The minimum absolute atomic E-state index is 0.332. The number of nitrogens with one attached hydrogen (secondary N) is 1. The van der Waals surface area contributed by atoms with E-state index in [0.717, 1.165) is 24.2 Å². The van der Waals surface area contributed by atoms with E-state index in [2.05, 4.69) is 27.4 Å². The average molecular weight is 209 g/mol. The zero-order chi connectivity index (χ0) is 11.3. The van der Waals surface area contributed by atoms with Crippen LogP contribution < -0.4 is 11.1 Å². The molecule has 0 saturated heterocycles. The van der Waals surface area contributed by atoms with Crippen molar-refractivity contribution in [1.82, 2.24) is 15.2 Å². The molecule has 0 amide bonds. The van der Waals surface area contributed by atoms with Gasteiger partial charge in [0.15, 0.2) is 0 Å². The monoisotopic (exact) mass is 209 g/mol. The summed E-state index contributed by atoms with van der Waals surface area (Å²) in [5, 5.41) is 11.2. The number of anilines is 1. The van der Waals surface area contributed by atoms with Gasteiger partial charge in [0.25, 0.3) is 0 Å². The molecule has 0 bridgehead atoms. The summed E-state index contributed by atoms with van der Waals surface area (Å²) < 4.78 is 0.